The first-order chi connectivity index (χ1) is 10.2. The summed E-state index contributed by atoms with van der Waals surface area (Å²) < 4.78 is 0. The van der Waals surface area contributed by atoms with E-state index < -0.39 is 5.97 Å². The van der Waals surface area contributed by atoms with E-state index in [1.165, 1.54) is 25.7 Å². The van der Waals surface area contributed by atoms with Crippen molar-refractivity contribution in [2.75, 3.05) is 26.2 Å². The molecule has 3 rings (SSSR count). The van der Waals surface area contributed by atoms with Crippen molar-refractivity contribution in [2.45, 2.75) is 38.3 Å². The van der Waals surface area contributed by atoms with Gasteiger partial charge in [0.15, 0.2) is 0 Å². The molecule has 1 N–H and O–H groups in total. The fourth-order valence-electron chi connectivity index (χ4n) is 3.50. The Labute approximate surface area is 125 Å². The van der Waals surface area contributed by atoms with Crippen LogP contribution in [0.3, 0.4) is 0 Å². The second kappa shape index (κ2) is 6.54. The minimum absolute atomic E-state index is 0.136. The molecule has 2 heterocycles. The largest absolute Gasteiger partial charge is 0.477 e. The molecule has 5 nitrogen and oxygen atoms in total. The molecule has 2 fully saturated rings. The Morgan fingerprint density at radius 3 is 2.62 bits per heavy atom. The Balaban J connectivity index is 1.53. The molecule has 0 atom stereocenters. The van der Waals surface area contributed by atoms with E-state index in [9.17, 15) is 4.79 Å². The van der Waals surface area contributed by atoms with Crippen molar-refractivity contribution in [3.8, 4) is 0 Å². The number of nitrogens with zero attached hydrogens (tertiary/aromatic N) is 3. The van der Waals surface area contributed by atoms with Gasteiger partial charge in [0.1, 0.15) is 5.69 Å². The first-order valence-corrected chi connectivity index (χ1v) is 7.87. The lowest BCUT2D eigenvalue weighted by molar-refractivity contribution is 0.0689. The SMILES string of the molecule is O=C(O)c1cc(CN2CCN(C3CCCC3)CC2)ccn1. The first kappa shape index (κ1) is 14.5. The van der Waals surface area contributed by atoms with Crippen LogP contribution < -0.4 is 0 Å². The van der Waals surface area contributed by atoms with Crippen molar-refractivity contribution in [3.05, 3.63) is 29.6 Å². The Morgan fingerprint density at radius 2 is 1.95 bits per heavy atom. The molecule has 21 heavy (non-hydrogen) atoms. The van der Waals surface area contributed by atoms with Crippen LogP contribution >= 0.6 is 0 Å². The van der Waals surface area contributed by atoms with Gasteiger partial charge in [0, 0.05) is 45.0 Å². The predicted octanol–water partition coefficient (Wildman–Crippen LogP) is 1.84. The quantitative estimate of drug-likeness (QED) is 0.916. The molecule has 0 aromatic carbocycles. The van der Waals surface area contributed by atoms with Gasteiger partial charge in [0.25, 0.3) is 0 Å². The number of carboxylic acid groups (broad SMARTS) is 1. The van der Waals surface area contributed by atoms with Crippen LogP contribution in [-0.2, 0) is 6.54 Å². The van der Waals surface area contributed by atoms with Gasteiger partial charge in [-0.15, -0.1) is 0 Å². The number of aromatic nitrogens is 1. The molecule has 114 valence electrons. The molecular weight excluding hydrogens is 266 g/mol. The van der Waals surface area contributed by atoms with Crippen LogP contribution in [0.15, 0.2) is 18.3 Å². The van der Waals surface area contributed by atoms with Gasteiger partial charge in [-0.05, 0) is 30.5 Å². The van der Waals surface area contributed by atoms with Crippen molar-refractivity contribution >= 4 is 5.97 Å². The van der Waals surface area contributed by atoms with Gasteiger partial charge in [-0.3, -0.25) is 9.80 Å². The summed E-state index contributed by atoms with van der Waals surface area (Å²) in [5, 5.41) is 8.99. The highest BCUT2D eigenvalue weighted by Gasteiger charge is 2.26. The van der Waals surface area contributed by atoms with E-state index >= 15 is 0 Å². The summed E-state index contributed by atoms with van der Waals surface area (Å²) in [6.07, 6.45) is 7.10. The summed E-state index contributed by atoms with van der Waals surface area (Å²) in [4.78, 5) is 19.9. The fourth-order valence-corrected chi connectivity index (χ4v) is 3.50. The van der Waals surface area contributed by atoms with Gasteiger partial charge in [-0.25, -0.2) is 9.78 Å². The first-order valence-electron chi connectivity index (χ1n) is 7.87. The number of aromatic carboxylic acids is 1. The zero-order valence-corrected chi connectivity index (χ0v) is 12.4. The van der Waals surface area contributed by atoms with Crippen molar-refractivity contribution in [3.63, 3.8) is 0 Å². The molecule has 0 spiro atoms. The molecular formula is C16H23N3O2. The van der Waals surface area contributed by atoms with E-state index in [1.807, 2.05) is 6.07 Å². The van der Waals surface area contributed by atoms with E-state index in [4.69, 9.17) is 5.11 Å². The number of pyridine rings is 1. The number of hydrogen-bond donors (Lipinski definition) is 1. The lowest BCUT2D eigenvalue weighted by Crippen LogP contribution is -2.49. The highest BCUT2D eigenvalue weighted by atomic mass is 16.4. The standard InChI is InChI=1S/C16H23N3O2/c20-16(21)15-11-13(5-6-17-15)12-18-7-9-19(10-8-18)14-3-1-2-4-14/h5-6,11,14H,1-4,7-10,12H2,(H,20,21). The zero-order chi connectivity index (χ0) is 14.7. The molecule has 1 aromatic heterocycles. The third-order valence-corrected chi connectivity index (χ3v) is 4.70. The van der Waals surface area contributed by atoms with E-state index in [2.05, 4.69) is 14.8 Å². The molecule has 2 aliphatic rings. The van der Waals surface area contributed by atoms with Gasteiger partial charge >= 0.3 is 5.97 Å². The topological polar surface area (TPSA) is 56.7 Å². The monoisotopic (exact) mass is 289 g/mol. The Kier molecular flexibility index (Phi) is 4.51. The van der Waals surface area contributed by atoms with Crippen molar-refractivity contribution in [1.29, 1.82) is 0 Å². The number of rotatable bonds is 4. The molecule has 0 unspecified atom stereocenters. The Hall–Kier alpha value is -1.46. The van der Waals surface area contributed by atoms with Crippen LogP contribution in [0, 0.1) is 0 Å². The maximum absolute atomic E-state index is 11.0. The Morgan fingerprint density at radius 1 is 1.24 bits per heavy atom. The van der Waals surface area contributed by atoms with Gasteiger partial charge in [-0.1, -0.05) is 12.8 Å². The van der Waals surface area contributed by atoms with Crippen molar-refractivity contribution < 1.29 is 9.90 Å². The second-order valence-electron chi connectivity index (χ2n) is 6.10. The van der Waals surface area contributed by atoms with Gasteiger partial charge in [0.05, 0.1) is 0 Å². The van der Waals surface area contributed by atoms with Crippen LogP contribution in [0.4, 0.5) is 0 Å². The normalized spacial score (nSPS) is 21.7. The van der Waals surface area contributed by atoms with Crippen LogP contribution in [0.2, 0.25) is 0 Å². The Bertz CT molecular complexity index is 492. The third kappa shape index (κ3) is 3.60. The lowest BCUT2D eigenvalue weighted by atomic mass is 10.1. The maximum Gasteiger partial charge on any atom is 0.354 e. The fraction of sp³-hybridized carbons (Fsp3) is 0.625. The van der Waals surface area contributed by atoms with Crippen molar-refractivity contribution in [2.24, 2.45) is 0 Å². The lowest BCUT2D eigenvalue weighted by Gasteiger charge is -2.38. The van der Waals surface area contributed by atoms with Crippen LogP contribution in [0.5, 0.6) is 0 Å². The summed E-state index contributed by atoms with van der Waals surface area (Å²) in [6, 6.07) is 4.41. The minimum atomic E-state index is -0.956. The smallest absolute Gasteiger partial charge is 0.354 e. The third-order valence-electron chi connectivity index (χ3n) is 4.70. The molecule has 0 amide bonds. The zero-order valence-electron chi connectivity index (χ0n) is 12.4. The van der Waals surface area contributed by atoms with Crippen LogP contribution in [0.25, 0.3) is 0 Å². The molecule has 1 aliphatic carbocycles. The van der Waals surface area contributed by atoms with Crippen LogP contribution in [0.1, 0.15) is 41.7 Å². The summed E-state index contributed by atoms with van der Waals surface area (Å²) in [5.41, 5.74) is 1.17. The second-order valence-corrected chi connectivity index (χ2v) is 6.10. The summed E-state index contributed by atoms with van der Waals surface area (Å²) in [6.45, 7) is 5.24. The minimum Gasteiger partial charge on any atom is -0.477 e. The summed E-state index contributed by atoms with van der Waals surface area (Å²) in [5.74, 6) is -0.956. The van der Waals surface area contributed by atoms with Gasteiger partial charge in [-0.2, -0.15) is 0 Å². The molecule has 5 heteroatoms. The van der Waals surface area contributed by atoms with Gasteiger partial charge in [0.2, 0.25) is 0 Å². The molecule has 1 aromatic rings. The number of carbonyl (C=O) groups is 1. The van der Waals surface area contributed by atoms with Crippen molar-refractivity contribution in [1.82, 2.24) is 14.8 Å². The van der Waals surface area contributed by atoms with Gasteiger partial charge < -0.3 is 5.11 Å². The van der Waals surface area contributed by atoms with E-state index in [0.717, 1.165) is 44.3 Å². The van der Waals surface area contributed by atoms with Crippen LogP contribution in [-0.4, -0.2) is 58.1 Å². The highest BCUT2D eigenvalue weighted by molar-refractivity contribution is 5.85. The molecule has 0 bridgehead atoms. The average Bonchev–Trinajstić information content (AvgIpc) is 3.02. The van der Waals surface area contributed by atoms with E-state index in [1.54, 1.807) is 12.3 Å². The van der Waals surface area contributed by atoms with E-state index in [0.29, 0.717) is 0 Å². The maximum atomic E-state index is 11.0. The number of carboxylic acids is 1. The van der Waals surface area contributed by atoms with E-state index in [-0.39, 0.29) is 5.69 Å². The molecule has 1 aliphatic heterocycles. The summed E-state index contributed by atoms with van der Waals surface area (Å²) >= 11 is 0. The molecule has 0 radical (unpaired) electrons. The predicted molar refractivity (Wildman–Crippen MR) is 80.3 cm³/mol. The highest BCUT2D eigenvalue weighted by Crippen LogP contribution is 2.24. The number of piperazine rings is 1. The molecule has 1 saturated heterocycles. The average molecular weight is 289 g/mol. The number of hydrogen-bond acceptors (Lipinski definition) is 4. The summed E-state index contributed by atoms with van der Waals surface area (Å²) in [7, 11) is 0. The molecule has 1 saturated carbocycles.